The van der Waals surface area contributed by atoms with Crippen LogP contribution in [0.5, 0.6) is 0 Å². The van der Waals surface area contributed by atoms with Crippen LogP contribution in [0.1, 0.15) is 72.1 Å². The Morgan fingerprint density at radius 1 is 0.894 bits per heavy atom. The average Bonchev–Trinajstić information content (AvgIpc) is 3.00. The van der Waals surface area contributed by atoms with Gasteiger partial charge in [0.05, 0.1) is 11.7 Å². The molecule has 7 nitrogen and oxygen atoms in total. The zero-order valence-electron chi connectivity index (χ0n) is 27.3. The summed E-state index contributed by atoms with van der Waals surface area (Å²) in [6.07, 6.45) is 4.22. The Morgan fingerprint density at radius 2 is 1.51 bits per heavy atom. The van der Waals surface area contributed by atoms with Gasteiger partial charge < -0.3 is 10.6 Å². The molecule has 0 heterocycles. The molecule has 4 aromatic rings. The highest BCUT2D eigenvalue weighted by atomic mass is 35.5. The van der Waals surface area contributed by atoms with Crippen LogP contribution in [0, 0.1) is 12.3 Å². The van der Waals surface area contributed by atoms with E-state index in [-0.39, 0.29) is 23.8 Å². The summed E-state index contributed by atoms with van der Waals surface area (Å²) in [6.45, 7) is 10.2. The molecule has 0 aliphatic rings. The third-order valence-electron chi connectivity index (χ3n) is 7.85. The molecule has 0 aromatic heterocycles. The summed E-state index contributed by atoms with van der Waals surface area (Å²) in [5.41, 5.74) is 6.93. The standard InChI is InChI=1S/C38H41ClN2O5S/c1-25-24-32(39)16-19-34(25)29-14-17-33(18-15-29)41-37(43)35(30-8-6-27(7-9-30)20-21-38(3,4)5)26(2)28-10-12-31(13-11-28)36(42)40-22-23-47(44,45)46/h6-21,24,26,35H,22-23H2,1-5H3,(H,40,42)(H,41,43)(H,44,45,46)/b21-20+. The third-order valence-corrected chi connectivity index (χ3v) is 8.81. The van der Waals surface area contributed by atoms with Crippen LogP contribution in [-0.2, 0) is 14.9 Å². The van der Waals surface area contributed by atoms with Crippen molar-refractivity contribution in [1.82, 2.24) is 5.32 Å². The summed E-state index contributed by atoms with van der Waals surface area (Å²) < 4.78 is 30.9. The maximum atomic E-state index is 14.0. The number of carbonyl (C=O) groups excluding carboxylic acids is 2. The van der Waals surface area contributed by atoms with Crippen LogP contribution in [0.3, 0.4) is 0 Å². The molecular weight excluding hydrogens is 632 g/mol. The van der Waals surface area contributed by atoms with Crippen molar-refractivity contribution in [3.63, 3.8) is 0 Å². The first-order chi connectivity index (χ1) is 22.1. The summed E-state index contributed by atoms with van der Waals surface area (Å²) in [4.78, 5) is 26.5. The van der Waals surface area contributed by atoms with Crippen LogP contribution >= 0.6 is 11.6 Å². The molecule has 0 aliphatic heterocycles. The van der Waals surface area contributed by atoms with Crippen LogP contribution in [0.2, 0.25) is 5.02 Å². The minimum absolute atomic E-state index is 0.0387. The van der Waals surface area contributed by atoms with E-state index in [1.165, 1.54) is 0 Å². The number of carbonyl (C=O) groups is 2. The van der Waals surface area contributed by atoms with Gasteiger partial charge in [-0.15, -0.1) is 0 Å². The van der Waals surface area contributed by atoms with E-state index in [0.717, 1.165) is 33.4 Å². The Morgan fingerprint density at radius 3 is 2.09 bits per heavy atom. The van der Waals surface area contributed by atoms with Gasteiger partial charge in [0.25, 0.3) is 16.0 Å². The van der Waals surface area contributed by atoms with Gasteiger partial charge in [0.2, 0.25) is 5.91 Å². The van der Waals surface area contributed by atoms with Gasteiger partial charge in [0.1, 0.15) is 0 Å². The predicted molar refractivity (Wildman–Crippen MR) is 192 cm³/mol. The summed E-state index contributed by atoms with van der Waals surface area (Å²) in [5.74, 6) is -2.02. The van der Waals surface area contributed by atoms with Gasteiger partial charge in [0.15, 0.2) is 0 Å². The Hall–Kier alpha value is -4.24. The van der Waals surface area contributed by atoms with Gasteiger partial charge in [-0.05, 0) is 88.0 Å². The number of hydrogen-bond acceptors (Lipinski definition) is 4. The Kier molecular flexibility index (Phi) is 11.4. The SMILES string of the molecule is Cc1cc(Cl)ccc1-c1ccc(NC(=O)C(c2ccc(/C=C/C(C)(C)C)cc2)C(C)c2ccc(C(=O)NCCS(=O)(=O)O)cc2)cc1. The first-order valence-corrected chi connectivity index (χ1v) is 17.4. The minimum atomic E-state index is -4.18. The molecule has 2 amide bonds. The number of benzene rings is 4. The van der Waals surface area contributed by atoms with Crippen molar-refractivity contribution in [2.45, 2.75) is 46.5 Å². The summed E-state index contributed by atoms with van der Waals surface area (Å²) >= 11 is 6.14. The van der Waals surface area contributed by atoms with Crippen molar-refractivity contribution in [2.75, 3.05) is 17.6 Å². The molecule has 2 atom stereocenters. The Labute approximate surface area is 282 Å². The van der Waals surface area contributed by atoms with Crippen molar-refractivity contribution in [2.24, 2.45) is 5.41 Å². The highest BCUT2D eigenvalue weighted by molar-refractivity contribution is 7.85. The van der Waals surface area contributed by atoms with E-state index in [1.807, 2.05) is 80.6 Å². The van der Waals surface area contributed by atoms with Gasteiger partial charge in [-0.2, -0.15) is 8.42 Å². The fourth-order valence-corrected chi connectivity index (χ4v) is 5.84. The molecule has 0 fully saturated rings. The molecule has 3 N–H and O–H groups in total. The average molecular weight is 673 g/mol. The number of hydrogen-bond donors (Lipinski definition) is 3. The van der Waals surface area contributed by atoms with Crippen LogP contribution < -0.4 is 10.6 Å². The highest BCUT2D eigenvalue weighted by Gasteiger charge is 2.28. The molecule has 4 aromatic carbocycles. The maximum absolute atomic E-state index is 14.0. The fraction of sp³-hybridized carbons (Fsp3) is 0.263. The molecule has 0 saturated carbocycles. The fourth-order valence-electron chi connectivity index (χ4n) is 5.26. The smallest absolute Gasteiger partial charge is 0.266 e. The monoisotopic (exact) mass is 672 g/mol. The first kappa shape index (κ1) is 35.6. The van der Waals surface area contributed by atoms with Crippen LogP contribution in [0.15, 0.2) is 97.1 Å². The Balaban J connectivity index is 1.58. The topological polar surface area (TPSA) is 113 Å². The molecule has 4 rings (SSSR count). The molecule has 47 heavy (non-hydrogen) atoms. The number of rotatable bonds is 11. The summed E-state index contributed by atoms with van der Waals surface area (Å²) in [6, 6.07) is 28.3. The molecule has 0 spiro atoms. The number of halogens is 1. The lowest BCUT2D eigenvalue weighted by atomic mass is 9.81. The maximum Gasteiger partial charge on any atom is 0.266 e. The molecule has 246 valence electrons. The van der Waals surface area contributed by atoms with Crippen molar-refractivity contribution in [3.05, 3.63) is 130 Å². The zero-order chi connectivity index (χ0) is 34.4. The minimum Gasteiger partial charge on any atom is -0.351 e. The molecule has 0 aliphatic carbocycles. The first-order valence-electron chi connectivity index (χ1n) is 15.4. The quantitative estimate of drug-likeness (QED) is 0.138. The van der Waals surface area contributed by atoms with Crippen LogP contribution in [0.25, 0.3) is 17.2 Å². The van der Waals surface area contributed by atoms with Gasteiger partial charge in [-0.25, -0.2) is 0 Å². The molecule has 2 unspecified atom stereocenters. The molecule has 9 heteroatoms. The van der Waals surface area contributed by atoms with E-state index in [1.54, 1.807) is 24.3 Å². The van der Waals surface area contributed by atoms with Gasteiger partial charge in [-0.1, -0.05) is 106 Å². The highest BCUT2D eigenvalue weighted by Crippen LogP contribution is 2.35. The van der Waals surface area contributed by atoms with E-state index in [0.29, 0.717) is 16.3 Å². The lowest BCUT2D eigenvalue weighted by Crippen LogP contribution is -2.29. The second-order valence-corrected chi connectivity index (χ2v) is 14.8. The molecule has 0 radical (unpaired) electrons. The largest absolute Gasteiger partial charge is 0.351 e. The van der Waals surface area contributed by atoms with Crippen molar-refractivity contribution >= 4 is 45.3 Å². The van der Waals surface area contributed by atoms with Gasteiger partial charge in [0, 0.05) is 22.8 Å². The lowest BCUT2D eigenvalue weighted by Gasteiger charge is -2.25. The summed E-state index contributed by atoms with van der Waals surface area (Å²) in [7, 11) is -4.18. The normalized spacial score (nSPS) is 13.3. The van der Waals surface area contributed by atoms with E-state index < -0.39 is 27.7 Å². The van der Waals surface area contributed by atoms with Crippen LogP contribution in [0.4, 0.5) is 5.69 Å². The van der Waals surface area contributed by atoms with Gasteiger partial charge in [-0.3, -0.25) is 14.1 Å². The Bertz CT molecular complexity index is 1840. The molecule has 0 bridgehead atoms. The third kappa shape index (κ3) is 10.4. The van der Waals surface area contributed by atoms with Gasteiger partial charge >= 0.3 is 0 Å². The van der Waals surface area contributed by atoms with Crippen molar-refractivity contribution in [1.29, 1.82) is 0 Å². The van der Waals surface area contributed by atoms with E-state index in [9.17, 15) is 18.0 Å². The second-order valence-electron chi connectivity index (χ2n) is 12.8. The number of allylic oxidation sites excluding steroid dienone is 1. The molecule has 0 saturated heterocycles. The predicted octanol–water partition coefficient (Wildman–Crippen LogP) is 8.52. The van der Waals surface area contributed by atoms with E-state index >= 15 is 0 Å². The van der Waals surface area contributed by atoms with E-state index in [2.05, 4.69) is 43.6 Å². The van der Waals surface area contributed by atoms with Crippen molar-refractivity contribution in [3.8, 4) is 11.1 Å². The van der Waals surface area contributed by atoms with E-state index in [4.69, 9.17) is 16.2 Å². The van der Waals surface area contributed by atoms with Crippen LogP contribution in [-0.4, -0.2) is 37.1 Å². The number of aryl methyl sites for hydroxylation is 1. The zero-order valence-corrected chi connectivity index (χ0v) is 28.8. The lowest BCUT2D eigenvalue weighted by molar-refractivity contribution is -0.118. The molecular formula is C38H41ClN2O5S. The summed E-state index contributed by atoms with van der Waals surface area (Å²) in [5, 5.41) is 6.28. The number of anilines is 1. The second kappa shape index (κ2) is 15.1. The number of amides is 2. The van der Waals surface area contributed by atoms with Crippen molar-refractivity contribution < 1.29 is 22.6 Å². The number of nitrogens with one attached hydrogen (secondary N) is 2.